The number of ketones is 2. The average molecular weight is 725 g/mol. The summed E-state index contributed by atoms with van der Waals surface area (Å²) >= 11 is 0. The van der Waals surface area contributed by atoms with E-state index >= 15 is 0 Å². The minimum absolute atomic E-state index is 0.0121. The summed E-state index contributed by atoms with van der Waals surface area (Å²) < 4.78 is 10.0. The lowest BCUT2D eigenvalue weighted by Gasteiger charge is -2.56. The first-order chi connectivity index (χ1) is 24.9. The first kappa shape index (κ1) is 39.4. The van der Waals surface area contributed by atoms with Crippen LogP contribution in [-0.2, 0) is 49.2 Å². The molecule has 4 aliphatic carbocycles. The smallest absolute Gasteiger partial charge is 0.434 e. The van der Waals surface area contributed by atoms with Crippen LogP contribution < -0.4 is 0 Å². The molecule has 0 saturated heterocycles. The minimum atomic E-state index is -0.995. The molecule has 6 nitrogen and oxygen atoms in total. The Morgan fingerprint density at radius 3 is 1.66 bits per heavy atom. The Kier molecular flexibility index (Phi) is 10.7. The van der Waals surface area contributed by atoms with Gasteiger partial charge < -0.3 is 9.47 Å². The number of fused-ring (bicyclic) bond motifs is 6. The largest absolute Gasteiger partial charge is 0.516 e. The molecule has 0 aromatic heterocycles. The van der Waals surface area contributed by atoms with Crippen LogP contribution in [0.15, 0.2) is 24.3 Å². The second-order valence-electron chi connectivity index (χ2n) is 18.6. The fourth-order valence-electron chi connectivity index (χ4n) is 12.1. The molecule has 0 heterocycles. The third kappa shape index (κ3) is 6.52. The maximum absolute atomic E-state index is 14.8. The number of benzene rings is 2. The molecule has 0 spiro atoms. The van der Waals surface area contributed by atoms with E-state index in [4.69, 9.17) is 9.47 Å². The van der Waals surface area contributed by atoms with Crippen LogP contribution in [0.3, 0.4) is 0 Å². The fourth-order valence-corrected chi connectivity index (χ4v) is 12.1. The number of hydrogen-bond donors (Lipinski definition) is 0. The normalized spacial score (nSPS) is 30.5. The molecule has 4 aliphatic rings. The summed E-state index contributed by atoms with van der Waals surface area (Å²) in [6.07, 6.45) is 9.06. The molecule has 6 rings (SSSR count). The standard InChI is InChI=1S/C47H64O6/c1-11-30-25-36-31(23-33(30)28(3)4)15-17-38-44(36,7)19-13-21-46(38,9)40(48)27-41(49)47(10)22-14-20-45(8)37-26-35(42(50)53-43(51)52-12-2)34(29(5)6)24-32(37)16-18-39(45)47/h23-26,28-29,38-39H,11-22,27H2,1-10H3. The van der Waals surface area contributed by atoms with E-state index in [0.29, 0.717) is 11.5 Å². The van der Waals surface area contributed by atoms with Gasteiger partial charge in [0, 0.05) is 10.8 Å². The Morgan fingerprint density at radius 2 is 1.19 bits per heavy atom. The molecule has 0 radical (unpaired) electrons. The molecule has 2 fully saturated rings. The van der Waals surface area contributed by atoms with Crippen molar-refractivity contribution in [1.29, 1.82) is 0 Å². The Hall–Kier alpha value is -3.28. The van der Waals surface area contributed by atoms with E-state index in [2.05, 4.69) is 66.7 Å². The van der Waals surface area contributed by atoms with Gasteiger partial charge in [-0.3, -0.25) is 9.59 Å². The molecule has 2 aromatic rings. The maximum atomic E-state index is 14.8. The van der Waals surface area contributed by atoms with E-state index in [1.54, 1.807) is 6.92 Å². The molecule has 2 saturated carbocycles. The monoisotopic (exact) mass is 724 g/mol. The van der Waals surface area contributed by atoms with Crippen LogP contribution in [0.2, 0.25) is 0 Å². The number of carbonyl (C=O) groups excluding carboxylic acids is 4. The van der Waals surface area contributed by atoms with Gasteiger partial charge in [-0.15, -0.1) is 0 Å². The van der Waals surface area contributed by atoms with Crippen molar-refractivity contribution < 1.29 is 28.7 Å². The van der Waals surface area contributed by atoms with Gasteiger partial charge in [0.25, 0.3) is 0 Å². The summed E-state index contributed by atoms with van der Waals surface area (Å²) in [5.41, 5.74) is 7.66. The van der Waals surface area contributed by atoms with E-state index in [1.807, 2.05) is 19.9 Å². The van der Waals surface area contributed by atoms with E-state index in [9.17, 15) is 19.2 Å². The van der Waals surface area contributed by atoms with Crippen molar-refractivity contribution in [2.24, 2.45) is 22.7 Å². The number of ether oxygens (including phenoxy) is 2. The summed E-state index contributed by atoms with van der Waals surface area (Å²) in [6.45, 7) is 21.7. The molecule has 6 heteroatoms. The lowest BCUT2D eigenvalue weighted by molar-refractivity contribution is -0.146. The molecule has 0 bridgehead atoms. The molecule has 2 aromatic carbocycles. The lowest BCUT2D eigenvalue weighted by atomic mass is 9.47. The number of carbonyl (C=O) groups is 4. The van der Waals surface area contributed by atoms with Crippen LogP contribution >= 0.6 is 0 Å². The highest BCUT2D eigenvalue weighted by molar-refractivity contribution is 6.04. The van der Waals surface area contributed by atoms with Crippen molar-refractivity contribution in [3.8, 4) is 0 Å². The maximum Gasteiger partial charge on any atom is 0.516 e. The van der Waals surface area contributed by atoms with Crippen molar-refractivity contribution in [3.05, 3.63) is 68.8 Å². The highest BCUT2D eigenvalue weighted by Gasteiger charge is 2.58. The van der Waals surface area contributed by atoms with Crippen LogP contribution in [0.5, 0.6) is 0 Å². The third-order valence-electron chi connectivity index (χ3n) is 15.0. The van der Waals surface area contributed by atoms with E-state index in [-0.39, 0.29) is 53.2 Å². The zero-order chi connectivity index (χ0) is 38.7. The van der Waals surface area contributed by atoms with Crippen LogP contribution in [-0.4, -0.2) is 30.3 Å². The zero-order valence-corrected chi connectivity index (χ0v) is 34.3. The SMILES string of the molecule is CCOC(=O)OC(=O)c1cc2c(cc1C(C)C)CCC1C(C)(C(=O)CC(=O)C3(C)CCCC4(C)c5cc(CC)c(C(C)C)cc5CCC34)CCCC21C. The first-order valence-corrected chi connectivity index (χ1v) is 20.7. The Bertz CT molecular complexity index is 1800. The summed E-state index contributed by atoms with van der Waals surface area (Å²) in [6, 6.07) is 9.02. The van der Waals surface area contributed by atoms with Crippen LogP contribution in [0.4, 0.5) is 4.79 Å². The quantitative estimate of drug-likeness (QED) is 0.189. The molecule has 0 amide bonds. The Morgan fingerprint density at radius 1 is 0.698 bits per heavy atom. The van der Waals surface area contributed by atoms with Crippen molar-refractivity contribution in [3.63, 3.8) is 0 Å². The van der Waals surface area contributed by atoms with Gasteiger partial charge in [0.15, 0.2) is 0 Å². The van der Waals surface area contributed by atoms with E-state index in [0.717, 1.165) is 81.8 Å². The number of esters is 1. The van der Waals surface area contributed by atoms with Crippen molar-refractivity contribution >= 4 is 23.7 Å². The minimum Gasteiger partial charge on any atom is -0.434 e. The number of aryl methyl sites for hydroxylation is 3. The topological polar surface area (TPSA) is 86.7 Å². The highest BCUT2D eigenvalue weighted by atomic mass is 16.7. The van der Waals surface area contributed by atoms with Crippen LogP contribution in [0, 0.1) is 22.7 Å². The van der Waals surface area contributed by atoms with Crippen LogP contribution in [0.25, 0.3) is 0 Å². The highest BCUT2D eigenvalue weighted by Crippen LogP contribution is 2.61. The van der Waals surface area contributed by atoms with Gasteiger partial charge in [-0.25, -0.2) is 9.59 Å². The van der Waals surface area contributed by atoms with Gasteiger partial charge in [0.1, 0.15) is 11.6 Å². The predicted octanol–water partition coefficient (Wildman–Crippen LogP) is 11.1. The molecule has 288 valence electrons. The molecule has 0 N–H and O–H groups in total. The van der Waals surface area contributed by atoms with Gasteiger partial charge in [-0.2, -0.15) is 0 Å². The molecular weight excluding hydrogens is 661 g/mol. The summed E-state index contributed by atoms with van der Waals surface area (Å²) in [5.74, 6) is 0.285. The van der Waals surface area contributed by atoms with Crippen LogP contribution in [0.1, 0.15) is 188 Å². The molecule has 0 aliphatic heterocycles. The Labute approximate surface area is 318 Å². The molecule has 6 unspecified atom stereocenters. The molecule has 6 atom stereocenters. The van der Waals surface area contributed by atoms with Crippen molar-refractivity contribution in [1.82, 2.24) is 0 Å². The Balaban J connectivity index is 1.28. The van der Waals surface area contributed by atoms with Gasteiger partial charge in [-0.05, 0) is 144 Å². The van der Waals surface area contributed by atoms with E-state index < -0.39 is 23.0 Å². The number of Topliss-reactive ketones (excluding diaryl/α,β-unsaturated/α-hetero) is 2. The number of hydrogen-bond acceptors (Lipinski definition) is 6. The second-order valence-corrected chi connectivity index (χ2v) is 18.6. The summed E-state index contributed by atoms with van der Waals surface area (Å²) in [7, 11) is 0. The molecule has 53 heavy (non-hydrogen) atoms. The zero-order valence-electron chi connectivity index (χ0n) is 34.3. The molecular formula is C47H64O6. The van der Waals surface area contributed by atoms with Crippen molar-refractivity contribution in [2.45, 2.75) is 169 Å². The van der Waals surface area contributed by atoms with Gasteiger partial charge in [0.05, 0.1) is 18.6 Å². The first-order valence-electron chi connectivity index (χ1n) is 20.7. The lowest BCUT2D eigenvalue weighted by Crippen LogP contribution is -2.55. The second kappa shape index (κ2) is 14.4. The van der Waals surface area contributed by atoms with Gasteiger partial charge in [0.2, 0.25) is 0 Å². The average Bonchev–Trinajstić information content (AvgIpc) is 3.10. The third-order valence-corrected chi connectivity index (χ3v) is 15.0. The van der Waals surface area contributed by atoms with Gasteiger partial charge in [-0.1, -0.05) is 93.4 Å². The van der Waals surface area contributed by atoms with Gasteiger partial charge >= 0.3 is 12.1 Å². The summed E-state index contributed by atoms with van der Waals surface area (Å²) in [4.78, 5) is 55.1. The summed E-state index contributed by atoms with van der Waals surface area (Å²) in [5, 5.41) is 0. The predicted molar refractivity (Wildman–Crippen MR) is 210 cm³/mol. The van der Waals surface area contributed by atoms with E-state index in [1.165, 1.54) is 27.8 Å². The fraction of sp³-hybridized carbons (Fsp3) is 0.660. The number of rotatable bonds is 9. The van der Waals surface area contributed by atoms with Crippen molar-refractivity contribution in [2.75, 3.05) is 6.61 Å².